The fourth-order valence-electron chi connectivity index (χ4n) is 6.49. The molecule has 1 aromatic heterocycles. The van der Waals surface area contributed by atoms with E-state index < -0.39 is 5.60 Å². The van der Waals surface area contributed by atoms with Gasteiger partial charge in [-0.3, -0.25) is 14.5 Å². The fraction of sp³-hybridized carbons (Fsp3) is 0.349. The van der Waals surface area contributed by atoms with Gasteiger partial charge in [-0.1, -0.05) is 54.6 Å². The number of anilines is 1. The number of amides is 1. The lowest BCUT2D eigenvalue weighted by atomic mass is 9.97. The van der Waals surface area contributed by atoms with Gasteiger partial charge in [0.2, 0.25) is 5.91 Å². The number of carbonyl (C=O) groups excluding carboxylic acids is 2. The summed E-state index contributed by atoms with van der Waals surface area (Å²) in [5, 5.41) is 4.14. The fourth-order valence-corrected chi connectivity index (χ4v) is 7.77. The molecule has 0 aliphatic carbocycles. The third kappa shape index (κ3) is 10.2. The van der Waals surface area contributed by atoms with E-state index in [4.69, 9.17) is 14.2 Å². The van der Waals surface area contributed by atoms with Gasteiger partial charge in [-0.05, 0) is 117 Å². The highest BCUT2D eigenvalue weighted by molar-refractivity contribution is 7.19. The van der Waals surface area contributed by atoms with Crippen molar-refractivity contribution in [1.29, 1.82) is 0 Å². The van der Waals surface area contributed by atoms with Crippen LogP contribution in [0.3, 0.4) is 0 Å². The van der Waals surface area contributed by atoms with Gasteiger partial charge in [-0.2, -0.15) is 0 Å². The van der Waals surface area contributed by atoms with Gasteiger partial charge in [0, 0.05) is 40.2 Å². The predicted molar refractivity (Wildman–Crippen MR) is 206 cm³/mol. The Labute approximate surface area is 305 Å². The third-order valence-corrected chi connectivity index (χ3v) is 10.2. The number of fused-ring (bicyclic) bond motifs is 1. The van der Waals surface area contributed by atoms with E-state index in [1.807, 2.05) is 51.1 Å². The Morgan fingerprint density at radius 2 is 1.57 bits per heavy atom. The Hall–Kier alpha value is -4.66. The Kier molecular flexibility index (Phi) is 11.7. The van der Waals surface area contributed by atoms with Crippen molar-refractivity contribution in [3.05, 3.63) is 124 Å². The molecule has 2 heterocycles. The van der Waals surface area contributed by atoms with Crippen LogP contribution in [-0.4, -0.2) is 42.6 Å². The molecule has 8 heteroatoms. The van der Waals surface area contributed by atoms with E-state index in [1.54, 1.807) is 18.4 Å². The molecule has 1 aliphatic rings. The minimum Gasteiger partial charge on any atom is -0.496 e. The Bertz CT molecular complexity index is 1940. The molecule has 5 aromatic rings. The van der Waals surface area contributed by atoms with Gasteiger partial charge in [0.05, 0.1) is 13.5 Å². The average Bonchev–Trinajstić information content (AvgIpc) is 3.75. The first-order chi connectivity index (χ1) is 24.6. The Morgan fingerprint density at radius 3 is 2.29 bits per heavy atom. The summed E-state index contributed by atoms with van der Waals surface area (Å²) in [6, 6.07) is 31.3. The molecular formula is C43H48N2O5S. The lowest BCUT2D eigenvalue weighted by Gasteiger charge is -2.19. The van der Waals surface area contributed by atoms with Crippen LogP contribution in [0.25, 0.3) is 10.1 Å². The topological polar surface area (TPSA) is 77.1 Å². The molecule has 7 nitrogen and oxygen atoms in total. The SMILES string of the molecule is COc1cc(Cc2c(Cc3ccc(NC(=O)CCC(=O)OC(C)(C)C)cc3)sc3cc(OCc4ccccc4)ccc23)ccc1CN1CCCC1. The van der Waals surface area contributed by atoms with E-state index >= 15 is 0 Å². The van der Waals surface area contributed by atoms with Crippen molar-refractivity contribution in [3.8, 4) is 11.5 Å². The molecular weight excluding hydrogens is 657 g/mol. The number of nitrogens with one attached hydrogen (secondary N) is 1. The van der Waals surface area contributed by atoms with Gasteiger partial charge in [-0.25, -0.2) is 0 Å². The van der Waals surface area contributed by atoms with Crippen LogP contribution in [0.2, 0.25) is 0 Å². The van der Waals surface area contributed by atoms with Gasteiger partial charge in [0.25, 0.3) is 0 Å². The maximum Gasteiger partial charge on any atom is 0.306 e. The molecule has 51 heavy (non-hydrogen) atoms. The zero-order valence-corrected chi connectivity index (χ0v) is 30.9. The number of esters is 1. The highest BCUT2D eigenvalue weighted by atomic mass is 32.1. The molecule has 0 bridgehead atoms. The number of likely N-dealkylation sites (tertiary alicyclic amines) is 1. The van der Waals surface area contributed by atoms with Crippen LogP contribution in [0.1, 0.15) is 79.1 Å². The predicted octanol–water partition coefficient (Wildman–Crippen LogP) is 9.33. The lowest BCUT2D eigenvalue weighted by Crippen LogP contribution is -2.24. The van der Waals surface area contributed by atoms with Crippen molar-refractivity contribution in [2.45, 2.75) is 78.0 Å². The summed E-state index contributed by atoms with van der Waals surface area (Å²) < 4.78 is 18.6. The van der Waals surface area contributed by atoms with E-state index in [0.717, 1.165) is 55.1 Å². The highest BCUT2D eigenvalue weighted by Crippen LogP contribution is 2.38. The molecule has 1 amide bonds. The molecule has 0 radical (unpaired) electrons. The maximum atomic E-state index is 12.5. The number of hydrogen-bond acceptors (Lipinski definition) is 7. The summed E-state index contributed by atoms with van der Waals surface area (Å²) in [4.78, 5) is 28.4. The smallest absolute Gasteiger partial charge is 0.306 e. The van der Waals surface area contributed by atoms with Crippen LogP contribution < -0.4 is 14.8 Å². The number of nitrogens with zero attached hydrogens (tertiary/aromatic N) is 1. The van der Waals surface area contributed by atoms with Crippen LogP contribution >= 0.6 is 11.3 Å². The van der Waals surface area contributed by atoms with E-state index in [1.165, 1.54) is 44.5 Å². The number of ether oxygens (including phenoxy) is 3. The second-order valence-electron chi connectivity index (χ2n) is 14.3. The van der Waals surface area contributed by atoms with E-state index in [0.29, 0.717) is 12.3 Å². The van der Waals surface area contributed by atoms with Crippen molar-refractivity contribution in [1.82, 2.24) is 4.90 Å². The van der Waals surface area contributed by atoms with Crippen molar-refractivity contribution < 1.29 is 23.8 Å². The van der Waals surface area contributed by atoms with Gasteiger partial charge in [0.1, 0.15) is 23.7 Å². The quantitative estimate of drug-likeness (QED) is 0.116. The normalized spacial score (nSPS) is 13.3. The van der Waals surface area contributed by atoms with Crippen LogP contribution in [0.5, 0.6) is 11.5 Å². The minimum absolute atomic E-state index is 0.0436. The molecule has 266 valence electrons. The summed E-state index contributed by atoms with van der Waals surface area (Å²) in [5.41, 5.74) is 6.16. The van der Waals surface area contributed by atoms with E-state index in [2.05, 4.69) is 70.9 Å². The van der Waals surface area contributed by atoms with Crippen LogP contribution in [0, 0.1) is 0 Å². The zero-order valence-electron chi connectivity index (χ0n) is 30.1. The number of methoxy groups -OCH3 is 1. The molecule has 0 atom stereocenters. The van der Waals surface area contributed by atoms with E-state index in [-0.39, 0.29) is 24.7 Å². The monoisotopic (exact) mass is 704 g/mol. The summed E-state index contributed by atoms with van der Waals surface area (Å²) in [7, 11) is 1.77. The molecule has 0 spiro atoms. The molecule has 1 N–H and O–H groups in total. The largest absolute Gasteiger partial charge is 0.496 e. The molecule has 0 unspecified atom stereocenters. The van der Waals surface area contributed by atoms with Gasteiger partial charge < -0.3 is 19.5 Å². The molecule has 1 saturated heterocycles. The molecule has 0 saturated carbocycles. The first kappa shape index (κ1) is 36.1. The Morgan fingerprint density at radius 1 is 0.824 bits per heavy atom. The summed E-state index contributed by atoms with van der Waals surface area (Å²) >= 11 is 1.80. The number of hydrogen-bond donors (Lipinski definition) is 1. The molecule has 4 aromatic carbocycles. The zero-order chi connectivity index (χ0) is 35.8. The van der Waals surface area contributed by atoms with Gasteiger partial charge in [0.15, 0.2) is 0 Å². The molecule has 6 rings (SSSR count). The summed E-state index contributed by atoms with van der Waals surface area (Å²) in [6.45, 7) is 9.18. The van der Waals surface area contributed by atoms with Crippen LogP contribution in [-0.2, 0) is 40.3 Å². The third-order valence-electron chi connectivity index (χ3n) is 9.00. The maximum absolute atomic E-state index is 12.5. The second kappa shape index (κ2) is 16.6. The van der Waals surface area contributed by atoms with Crippen molar-refractivity contribution in [2.75, 3.05) is 25.5 Å². The van der Waals surface area contributed by atoms with E-state index in [9.17, 15) is 9.59 Å². The number of thiophene rings is 1. The van der Waals surface area contributed by atoms with Crippen molar-refractivity contribution in [2.24, 2.45) is 0 Å². The van der Waals surface area contributed by atoms with Crippen molar-refractivity contribution >= 4 is 39.0 Å². The Balaban J connectivity index is 1.20. The minimum atomic E-state index is -0.569. The van der Waals surface area contributed by atoms with Crippen LogP contribution in [0.4, 0.5) is 5.69 Å². The first-order valence-corrected chi connectivity index (χ1v) is 18.6. The number of rotatable bonds is 14. The van der Waals surface area contributed by atoms with Gasteiger partial charge in [-0.15, -0.1) is 11.3 Å². The second-order valence-corrected chi connectivity index (χ2v) is 15.4. The molecule has 1 fully saturated rings. The summed E-state index contributed by atoms with van der Waals surface area (Å²) in [6.07, 6.45) is 4.18. The number of carbonyl (C=O) groups is 2. The highest BCUT2D eigenvalue weighted by Gasteiger charge is 2.19. The standard InChI is InChI=1S/C43H48N2O5S/c1-43(2,3)50-42(47)21-20-41(46)44-34-16-13-30(14-17-34)26-39-37(24-32-12-15-33(38(25-32)48-4)28-45-22-8-9-23-45)36-19-18-35(27-40(36)51-39)49-29-31-10-6-5-7-11-31/h5-7,10-19,25,27H,8-9,20-24,26,28-29H2,1-4H3,(H,44,46). The van der Waals surface area contributed by atoms with Crippen LogP contribution in [0.15, 0.2) is 91.0 Å². The summed E-state index contributed by atoms with van der Waals surface area (Å²) in [5.74, 6) is 1.21. The van der Waals surface area contributed by atoms with Gasteiger partial charge >= 0.3 is 5.97 Å². The lowest BCUT2D eigenvalue weighted by molar-refractivity contribution is -0.155. The van der Waals surface area contributed by atoms with Crippen molar-refractivity contribution in [3.63, 3.8) is 0 Å². The average molecular weight is 705 g/mol. The molecule has 1 aliphatic heterocycles. The first-order valence-electron chi connectivity index (χ1n) is 17.8. The number of benzene rings is 4.